The summed E-state index contributed by atoms with van der Waals surface area (Å²) >= 11 is 1.58. The second kappa shape index (κ2) is 5.18. The third-order valence-electron chi connectivity index (χ3n) is 2.51. The highest BCUT2D eigenvalue weighted by atomic mass is 32.2. The number of aryl methyl sites for hydroxylation is 3. The Morgan fingerprint density at radius 2 is 2.00 bits per heavy atom. The van der Waals surface area contributed by atoms with E-state index in [1.807, 2.05) is 26.0 Å². The van der Waals surface area contributed by atoms with E-state index in [-0.39, 0.29) is 0 Å². The molecule has 1 aromatic heterocycles. The largest absolute Gasteiger partial charge is 0.507 e. The molecule has 0 aliphatic heterocycles. The summed E-state index contributed by atoms with van der Waals surface area (Å²) in [6.45, 7) is 3.83. The van der Waals surface area contributed by atoms with Gasteiger partial charge in [-0.25, -0.2) is 5.10 Å². The maximum absolute atomic E-state index is 9.67. The lowest BCUT2D eigenvalue weighted by molar-refractivity contribution is 0.466. The molecule has 0 bridgehead atoms. The van der Waals surface area contributed by atoms with Crippen molar-refractivity contribution in [1.29, 1.82) is 0 Å². The number of aromatic amines is 1. The Kier molecular flexibility index (Phi) is 3.63. The predicted octanol–water partition coefficient (Wildman–Crippen LogP) is 1.86. The van der Waals surface area contributed by atoms with Gasteiger partial charge in [-0.3, -0.25) is 0 Å². The zero-order valence-corrected chi connectivity index (χ0v) is 10.6. The Labute approximate surface area is 104 Å². The number of hydrogen-bond acceptors (Lipinski definition) is 5. The van der Waals surface area contributed by atoms with Gasteiger partial charge in [0.1, 0.15) is 5.75 Å². The summed E-state index contributed by atoms with van der Waals surface area (Å²) in [5, 5.41) is 23.9. The van der Waals surface area contributed by atoms with Crippen LogP contribution in [0.2, 0.25) is 0 Å². The Morgan fingerprint density at radius 1 is 1.29 bits per heavy atom. The summed E-state index contributed by atoms with van der Waals surface area (Å²) in [5.41, 5.74) is 3.07. The zero-order chi connectivity index (χ0) is 12.3. The average molecular weight is 250 g/mol. The first kappa shape index (κ1) is 11.9. The first-order valence-corrected chi connectivity index (χ1v) is 6.31. The molecule has 2 rings (SSSR count). The van der Waals surface area contributed by atoms with E-state index in [1.54, 1.807) is 11.8 Å². The molecule has 1 aromatic carbocycles. The van der Waals surface area contributed by atoms with Gasteiger partial charge in [-0.05, 0) is 47.4 Å². The van der Waals surface area contributed by atoms with Gasteiger partial charge in [-0.15, -0.1) is 5.10 Å². The van der Waals surface area contributed by atoms with E-state index in [9.17, 15) is 5.11 Å². The van der Waals surface area contributed by atoms with Crippen LogP contribution < -0.4 is 0 Å². The van der Waals surface area contributed by atoms with Crippen LogP contribution in [0.15, 0.2) is 17.3 Å². The molecule has 0 unspecified atom stereocenters. The number of aromatic nitrogens is 4. The summed E-state index contributed by atoms with van der Waals surface area (Å²) in [4.78, 5) is 0. The number of rotatable bonds is 4. The Hall–Kier alpha value is -1.56. The van der Waals surface area contributed by atoms with Gasteiger partial charge < -0.3 is 5.11 Å². The number of hydrogen-bond donors (Lipinski definition) is 2. The van der Waals surface area contributed by atoms with Crippen molar-refractivity contribution in [3.63, 3.8) is 0 Å². The second-order valence-electron chi connectivity index (χ2n) is 3.88. The van der Waals surface area contributed by atoms with Crippen molar-refractivity contribution in [2.75, 3.05) is 5.75 Å². The molecular weight excluding hydrogens is 236 g/mol. The fraction of sp³-hybridized carbons (Fsp3) is 0.364. The molecule has 0 radical (unpaired) electrons. The van der Waals surface area contributed by atoms with Crippen molar-refractivity contribution < 1.29 is 5.11 Å². The summed E-state index contributed by atoms with van der Waals surface area (Å²) in [6.07, 6.45) is 0.924. The molecule has 0 atom stereocenters. The molecule has 1 heterocycles. The number of nitrogens with zero attached hydrogens (tertiary/aromatic N) is 3. The van der Waals surface area contributed by atoms with Crippen molar-refractivity contribution in [2.45, 2.75) is 25.4 Å². The lowest BCUT2D eigenvalue weighted by atomic mass is 10.0. The topological polar surface area (TPSA) is 74.7 Å². The molecule has 17 heavy (non-hydrogen) atoms. The molecule has 0 fully saturated rings. The van der Waals surface area contributed by atoms with Crippen molar-refractivity contribution in [3.8, 4) is 5.75 Å². The molecule has 2 aromatic rings. The monoisotopic (exact) mass is 250 g/mol. The number of phenols is 1. The second-order valence-corrected chi connectivity index (χ2v) is 4.97. The number of nitrogens with one attached hydrogen (secondary N) is 1. The van der Waals surface area contributed by atoms with Crippen LogP contribution in [0.3, 0.4) is 0 Å². The zero-order valence-electron chi connectivity index (χ0n) is 9.77. The molecule has 0 amide bonds. The maximum Gasteiger partial charge on any atom is 0.206 e. The van der Waals surface area contributed by atoms with Crippen LogP contribution in [0, 0.1) is 13.8 Å². The SMILES string of the molecule is Cc1cc(CCSc2nnn[nH]2)cc(C)c1O. The summed E-state index contributed by atoms with van der Waals surface area (Å²) in [5.74, 6) is 1.29. The highest BCUT2D eigenvalue weighted by Gasteiger charge is 2.04. The van der Waals surface area contributed by atoms with E-state index in [0.29, 0.717) is 5.75 Å². The van der Waals surface area contributed by atoms with E-state index < -0.39 is 0 Å². The minimum atomic E-state index is 0.390. The van der Waals surface area contributed by atoms with E-state index in [2.05, 4.69) is 20.6 Å². The van der Waals surface area contributed by atoms with E-state index in [1.165, 1.54) is 5.56 Å². The van der Waals surface area contributed by atoms with Gasteiger partial charge in [-0.2, -0.15) is 0 Å². The molecule has 0 aliphatic rings. The van der Waals surface area contributed by atoms with Crippen LogP contribution in [-0.4, -0.2) is 31.5 Å². The van der Waals surface area contributed by atoms with Gasteiger partial charge in [0.2, 0.25) is 5.16 Å². The lowest BCUT2D eigenvalue weighted by Crippen LogP contribution is -1.92. The molecule has 0 aliphatic carbocycles. The van der Waals surface area contributed by atoms with Crippen LogP contribution >= 0.6 is 11.8 Å². The van der Waals surface area contributed by atoms with Gasteiger partial charge in [-0.1, -0.05) is 23.9 Å². The number of aromatic hydroxyl groups is 1. The van der Waals surface area contributed by atoms with Crippen LogP contribution in [-0.2, 0) is 6.42 Å². The summed E-state index contributed by atoms with van der Waals surface area (Å²) in [7, 11) is 0. The van der Waals surface area contributed by atoms with E-state index in [0.717, 1.165) is 28.5 Å². The first-order valence-electron chi connectivity index (χ1n) is 5.32. The molecule has 0 spiro atoms. The number of H-pyrrole nitrogens is 1. The van der Waals surface area contributed by atoms with Crippen LogP contribution in [0.25, 0.3) is 0 Å². The highest BCUT2D eigenvalue weighted by Crippen LogP contribution is 2.24. The number of thioether (sulfide) groups is 1. The third-order valence-corrected chi connectivity index (χ3v) is 3.36. The van der Waals surface area contributed by atoms with Gasteiger partial charge in [0, 0.05) is 5.75 Å². The normalized spacial score (nSPS) is 10.7. The van der Waals surface area contributed by atoms with Gasteiger partial charge in [0.25, 0.3) is 0 Å². The molecule has 6 heteroatoms. The van der Waals surface area contributed by atoms with E-state index in [4.69, 9.17) is 0 Å². The number of benzene rings is 1. The van der Waals surface area contributed by atoms with Gasteiger partial charge in [0.05, 0.1) is 0 Å². The standard InChI is InChI=1S/C11H14N4OS/c1-7-5-9(6-8(2)10(7)16)3-4-17-11-12-14-15-13-11/h5-6,16H,3-4H2,1-2H3,(H,12,13,14,15). The Bertz CT molecular complexity index is 475. The minimum Gasteiger partial charge on any atom is -0.507 e. The van der Waals surface area contributed by atoms with Crippen molar-refractivity contribution >= 4 is 11.8 Å². The molecule has 0 saturated carbocycles. The van der Waals surface area contributed by atoms with Gasteiger partial charge >= 0.3 is 0 Å². The summed E-state index contributed by atoms with van der Waals surface area (Å²) < 4.78 is 0. The summed E-state index contributed by atoms with van der Waals surface area (Å²) in [6, 6.07) is 4.03. The minimum absolute atomic E-state index is 0.390. The highest BCUT2D eigenvalue weighted by molar-refractivity contribution is 7.99. The third kappa shape index (κ3) is 2.97. The maximum atomic E-state index is 9.67. The van der Waals surface area contributed by atoms with Crippen molar-refractivity contribution in [1.82, 2.24) is 20.6 Å². The van der Waals surface area contributed by atoms with Crippen molar-refractivity contribution in [2.24, 2.45) is 0 Å². The number of phenolic OH excluding ortho intramolecular Hbond substituents is 1. The van der Waals surface area contributed by atoms with E-state index >= 15 is 0 Å². The smallest absolute Gasteiger partial charge is 0.206 e. The Morgan fingerprint density at radius 3 is 2.59 bits per heavy atom. The molecule has 90 valence electrons. The van der Waals surface area contributed by atoms with Crippen molar-refractivity contribution in [3.05, 3.63) is 28.8 Å². The van der Waals surface area contributed by atoms with Crippen LogP contribution in [0.4, 0.5) is 0 Å². The quantitative estimate of drug-likeness (QED) is 0.810. The fourth-order valence-electron chi connectivity index (χ4n) is 1.67. The molecule has 5 nitrogen and oxygen atoms in total. The molecule has 0 saturated heterocycles. The van der Waals surface area contributed by atoms with Gasteiger partial charge in [0.15, 0.2) is 0 Å². The first-order chi connectivity index (χ1) is 8.16. The van der Waals surface area contributed by atoms with Crippen LogP contribution in [0.1, 0.15) is 16.7 Å². The molecule has 2 N–H and O–H groups in total. The fourth-order valence-corrected chi connectivity index (χ4v) is 2.40. The average Bonchev–Trinajstić information content (AvgIpc) is 2.79. The predicted molar refractivity (Wildman–Crippen MR) is 66.2 cm³/mol. The van der Waals surface area contributed by atoms with Crippen LogP contribution in [0.5, 0.6) is 5.75 Å². The molecular formula is C11H14N4OS. The number of tetrazole rings is 1. The lowest BCUT2D eigenvalue weighted by Gasteiger charge is -2.07. The Balaban J connectivity index is 1.95.